The van der Waals surface area contributed by atoms with Gasteiger partial charge in [0.25, 0.3) is 5.91 Å². The molecule has 0 spiro atoms. The highest BCUT2D eigenvalue weighted by atomic mass is 16.6. The number of carbonyl (C=O) groups excluding carboxylic acids is 2. The number of unbranched alkanes of at least 4 members (excludes halogenated alkanes) is 3. The van der Waals surface area contributed by atoms with Gasteiger partial charge in [0.2, 0.25) is 0 Å². The molecule has 32 heavy (non-hydrogen) atoms. The van der Waals surface area contributed by atoms with Gasteiger partial charge in [0.05, 0.1) is 0 Å². The maximum Gasteiger partial charge on any atom is 0.436 e. The summed E-state index contributed by atoms with van der Waals surface area (Å²) in [6, 6.07) is 7.10. The smallest absolute Gasteiger partial charge is 0.436 e. The highest BCUT2D eigenvalue weighted by Gasteiger charge is 2.17. The van der Waals surface area contributed by atoms with Gasteiger partial charge in [-0.1, -0.05) is 12.8 Å². The van der Waals surface area contributed by atoms with Crippen molar-refractivity contribution >= 4 is 34.7 Å². The van der Waals surface area contributed by atoms with Gasteiger partial charge in [-0.15, -0.1) is 0 Å². The molecular weight excluding hydrogens is 412 g/mol. The zero-order valence-corrected chi connectivity index (χ0v) is 19.1. The van der Waals surface area contributed by atoms with E-state index in [0.717, 1.165) is 30.2 Å². The Labute approximate surface area is 187 Å². The summed E-state index contributed by atoms with van der Waals surface area (Å²) >= 11 is 0. The third-order valence-corrected chi connectivity index (χ3v) is 4.78. The highest BCUT2D eigenvalue weighted by molar-refractivity contribution is 6.06. The number of rotatable bonds is 9. The molecule has 0 fully saturated rings. The Balaban J connectivity index is 2.01. The van der Waals surface area contributed by atoms with Crippen LogP contribution in [0.25, 0.3) is 10.9 Å². The molecular formula is C23H32N4O5. The van der Waals surface area contributed by atoms with Crippen molar-refractivity contribution in [3.8, 4) is 0 Å². The van der Waals surface area contributed by atoms with E-state index in [0.29, 0.717) is 24.2 Å². The highest BCUT2D eigenvalue weighted by Crippen LogP contribution is 2.21. The lowest BCUT2D eigenvalue weighted by Gasteiger charge is -2.17. The number of carboxylic acids is 1. The van der Waals surface area contributed by atoms with Gasteiger partial charge >= 0.3 is 12.1 Å². The first-order chi connectivity index (χ1) is 15.0. The Morgan fingerprint density at radius 2 is 1.81 bits per heavy atom. The summed E-state index contributed by atoms with van der Waals surface area (Å²) in [5.41, 5.74) is 7.22. The van der Waals surface area contributed by atoms with E-state index in [-0.39, 0.29) is 18.2 Å². The van der Waals surface area contributed by atoms with Crippen LogP contribution in [0.15, 0.2) is 29.3 Å². The Hall–Kier alpha value is -3.36. The van der Waals surface area contributed by atoms with Crippen molar-refractivity contribution in [2.45, 2.75) is 58.5 Å². The first-order valence-corrected chi connectivity index (χ1v) is 10.6. The fraction of sp³-hybridized carbons (Fsp3) is 0.478. The molecule has 0 saturated heterocycles. The number of ether oxygens (including phenoxy) is 1. The summed E-state index contributed by atoms with van der Waals surface area (Å²) in [7, 11) is 1.81. The number of nitrogens with one attached hydrogen (secondary N) is 1. The minimum absolute atomic E-state index is 0.0407. The zero-order valence-electron chi connectivity index (χ0n) is 19.1. The molecule has 2 aromatic rings. The van der Waals surface area contributed by atoms with E-state index in [2.05, 4.69) is 10.3 Å². The number of hydrogen-bond donors (Lipinski definition) is 3. The number of aliphatic imine (C=N–C) groups is 1. The Bertz CT molecular complexity index is 1020. The molecule has 0 aliphatic carbocycles. The van der Waals surface area contributed by atoms with E-state index >= 15 is 0 Å². The zero-order chi connectivity index (χ0) is 23.9. The molecule has 1 aromatic heterocycles. The quantitative estimate of drug-likeness (QED) is 0.307. The SMILES string of the molecule is Cn1c(C(=O)NCCCCCCC(=O)O)cc2cc(/C(N)=N/C(=O)OC(C)(C)C)ccc21. The Morgan fingerprint density at radius 3 is 2.47 bits per heavy atom. The van der Waals surface area contributed by atoms with Crippen molar-refractivity contribution in [1.82, 2.24) is 9.88 Å². The molecule has 1 aromatic carbocycles. The van der Waals surface area contributed by atoms with E-state index in [1.54, 1.807) is 50.6 Å². The summed E-state index contributed by atoms with van der Waals surface area (Å²) < 4.78 is 6.96. The van der Waals surface area contributed by atoms with Crippen LogP contribution >= 0.6 is 0 Å². The second-order valence-corrected chi connectivity index (χ2v) is 8.65. The molecule has 2 rings (SSSR count). The van der Waals surface area contributed by atoms with Gasteiger partial charge in [-0.05, 0) is 57.9 Å². The van der Waals surface area contributed by atoms with Crippen LogP contribution in [-0.4, -0.2) is 45.6 Å². The van der Waals surface area contributed by atoms with Gasteiger partial charge in [0.15, 0.2) is 0 Å². The fourth-order valence-corrected chi connectivity index (χ4v) is 3.22. The number of fused-ring (bicyclic) bond motifs is 1. The maximum absolute atomic E-state index is 12.6. The van der Waals surface area contributed by atoms with Crippen molar-refractivity contribution in [2.75, 3.05) is 6.54 Å². The van der Waals surface area contributed by atoms with E-state index < -0.39 is 17.7 Å². The molecule has 174 valence electrons. The van der Waals surface area contributed by atoms with Crippen molar-refractivity contribution in [2.24, 2.45) is 17.8 Å². The second-order valence-electron chi connectivity index (χ2n) is 8.65. The van der Waals surface area contributed by atoms with Crippen molar-refractivity contribution in [3.05, 3.63) is 35.5 Å². The molecule has 0 atom stereocenters. The third kappa shape index (κ3) is 7.40. The van der Waals surface area contributed by atoms with E-state index in [1.807, 2.05) is 6.07 Å². The van der Waals surface area contributed by atoms with Gasteiger partial charge in [-0.3, -0.25) is 9.59 Å². The molecule has 2 amide bonds. The number of hydrogen-bond acceptors (Lipinski definition) is 4. The molecule has 9 nitrogen and oxygen atoms in total. The monoisotopic (exact) mass is 444 g/mol. The lowest BCUT2D eigenvalue weighted by molar-refractivity contribution is -0.137. The number of carboxylic acid groups (broad SMARTS) is 1. The third-order valence-electron chi connectivity index (χ3n) is 4.78. The van der Waals surface area contributed by atoms with Crippen LogP contribution in [0.2, 0.25) is 0 Å². The van der Waals surface area contributed by atoms with E-state index in [1.165, 1.54) is 0 Å². The largest absolute Gasteiger partial charge is 0.481 e. The number of aryl methyl sites for hydroxylation is 1. The number of amides is 2. The topological polar surface area (TPSA) is 136 Å². The molecule has 0 unspecified atom stereocenters. The number of amidine groups is 1. The number of nitrogens with zero attached hydrogens (tertiary/aromatic N) is 2. The van der Waals surface area contributed by atoms with Gasteiger partial charge in [-0.25, -0.2) is 4.79 Å². The molecule has 0 aliphatic heterocycles. The molecule has 1 heterocycles. The molecule has 4 N–H and O–H groups in total. The first kappa shape index (κ1) is 24.9. The second kappa shape index (κ2) is 10.8. The van der Waals surface area contributed by atoms with E-state index in [9.17, 15) is 14.4 Å². The molecule has 0 bridgehead atoms. The van der Waals surface area contributed by atoms with Crippen LogP contribution in [0.4, 0.5) is 4.79 Å². The Kier molecular flexibility index (Phi) is 8.40. The van der Waals surface area contributed by atoms with Crippen molar-refractivity contribution in [3.63, 3.8) is 0 Å². The minimum Gasteiger partial charge on any atom is -0.481 e. The van der Waals surface area contributed by atoms with Crippen LogP contribution in [0.5, 0.6) is 0 Å². The number of aromatic nitrogens is 1. The van der Waals surface area contributed by atoms with Crippen LogP contribution in [0, 0.1) is 0 Å². The predicted octanol–water partition coefficient (Wildman–Crippen LogP) is 3.58. The maximum atomic E-state index is 12.6. The lowest BCUT2D eigenvalue weighted by atomic mass is 10.1. The summed E-state index contributed by atoms with van der Waals surface area (Å²) in [6.07, 6.45) is 2.54. The van der Waals surface area contributed by atoms with Crippen LogP contribution in [-0.2, 0) is 16.6 Å². The minimum atomic E-state index is -0.782. The van der Waals surface area contributed by atoms with Gasteiger partial charge in [0, 0.05) is 36.5 Å². The van der Waals surface area contributed by atoms with Crippen LogP contribution in [0.3, 0.4) is 0 Å². The first-order valence-electron chi connectivity index (χ1n) is 10.6. The lowest BCUT2D eigenvalue weighted by Crippen LogP contribution is -2.26. The molecule has 0 saturated carbocycles. The van der Waals surface area contributed by atoms with Crippen molar-refractivity contribution in [1.29, 1.82) is 0 Å². The van der Waals surface area contributed by atoms with Gasteiger partial charge < -0.3 is 25.5 Å². The Morgan fingerprint density at radius 1 is 1.12 bits per heavy atom. The summed E-state index contributed by atoms with van der Waals surface area (Å²) in [5.74, 6) is -0.930. The van der Waals surface area contributed by atoms with Crippen LogP contribution in [0.1, 0.15) is 68.9 Å². The summed E-state index contributed by atoms with van der Waals surface area (Å²) in [4.78, 5) is 38.8. The molecule has 0 aliphatic rings. The molecule has 0 radical (unpaired) electrons. The summed E-state index contributed by atoms with van der Waals surface area (Å²) in [6.45, 7) is 5.77. The number of nitrogens with two attached hydrogens (primary N) is 1. The van der Waals surface area contributed by atoms with Gasteiger partial charge in [-0.2, -0.15) is 4.99 Å². The average Bonchev–Trinajstić information content (AvgIpc) is 3.01. The predicted molar refractivity (Wildman–Crippen MR) is 123 cm³/mol. The normalized spacial score (nSPS) is 12.1. The average molecular weight is 445 g/mol. The number of benzene rings is 1. The number of aliphatic carboxylic acids is 1. The fourth-order valence-electron chi connectivity index (χ4n) is 3.22. The molecule has 9 heteroatoms. The van der Waals surface area contributed by atoms with E-state index in [4.69, 9.17) is 15.6 Å². The number of carbonyl (C=O) groups is 3. The van der Waals surface area contributed by atoms with Crippen molar-refractivity contribution < 1.29 is 24.2 Å². The van der Waals surface area contributed by atoms with Gasteiger partial charge in [0.1, 0.15) is 17.1 Å². The standard InChI is InChI=1S/C23H32N4O5/c1-23(2,3)32-22(31)26-20(24)15-10-11-17-16(13-15)14-18(27(17)4)21(30)25-12-8-6-5-7-9-19(28)29/h10-11,13-14H,5-9,12H2,1-4H3,(H,25,30)(H,28,29)(H2,24,26,31). The van der Waals surface area contributed by atoms with Crippen LogP contribution < -0.4 is 11.1 Å². The summed E-state index contributed by atoms with van der Waals surface area (Å²) in [5, 5.41) is 12.3.